The Morgan fingerprint density at radius 3 is 2.40 bits per heavy atom. The number of rotatable bonds is 4. The molecule has 2 N–H and O–H groups in total. The van der Waals surface area contributed by atoms with E-state index in [1.807, 2.05) is 0 Å². The highest BCUT2D eigenvalue weighted by Crippen LogP contribution is 2.39. The molecule has 1 aromatic carbocycles. The Balaban J connectivity index is 2.19. The molecule has 1 aromatic rings. The number of alkyl halides is 3. The first-order valence-electron chi connectivity index (χ1n) is 6.09. The maximum atomic E-state index is 13.7. The molecule has 7 heteroatoms. The molecule has 110 valence electrons. The summed E-state index contributed by atoms with van der Waals surface area (Å²) in [4.78, 5) is 10.8. The molecule has 3 nitrogen and oxygen atoms in total. The molecule has 0 saturated heterocycles. The van der Waals surface area contributed by atoms with Gasteiger partial charge in [0.2, 0.25) is 0 Å². The first-order chi connectivity index (χ1) is 9.22. The fourth-order valence-electron chi connectivity index (χ4n) is 2.32. The number of anilines is 1. The monoisotopic (exact) mass is 291 g/mol. The van der Waals surface area contributed by atoms with Gasteiger partial charge in [0.1, 0.15) is 5.82 Å². The zero-order chi connectivity index (χ0) is 15.0. The predicted molar refractivity (Wildman–Crippen MR) is 63.9 cm³/mol. The van der Waals surface area contributed by atoms with Gasteiger partial charge in [-0.1, -0.05) is 0 Å². The topological polar surface area (TPSA) is 49.3 Å². The van der Waals surface area contributed by atoms with Crippen LogP contribution in [0.4, 0.5) is 23.2 Å². The van der Waals surface area contributed by atoms with Gasteiger partial charge in [0, 0.05) is 5.54 Å². The van der Waals surface area contributed by atoms with Crippen molar-refractivity contribution >= 4 is 11.7 Å². The van der Waals surface area contributed by atoms with Crippen LogP contribution in [0.2, 0.25) is 0 Å². The van der Waals surface area contributed by atoms with Crippen LogP contribution in [0.25, 0.3) is 0 Å². The fraction of sp³-hybridized carbons (Fsp3) is 0.462. The molecule has 0 heterocycles. The van der Waals surface area contributed by atoms with E-state index >= 15 is 0 Å². The molecule has 20 heavy (non-hydrogen) atoms. The van der Waals surface area contributed by atoms with Gasteiger partial charge in [-0.2, -0.15) is 13.2 Å². The molecule has 1 aliphatic rings. The smallest absolute Gasteiger partial charge is 0.416 e. The van der Waals surface area contributed by atoms with Gasteiger partial charge < -0.3 is 10.4 Å². The van der Waals surface area contributed by atoms with Crippen LogP contribution in [0.3, 0.4) is 0 Å². The molecule has 1 fully saturated rings. The van der Waals surface area contributed by atoms with Crippen molar-refractivity contribution in [3.8, 4) is 0 Å². The summed E-state index contributed by atoms with van der Waals surface area (Å²) in [5, 5.41) is 11.6. The normalized spacial score (nSPS) is 17.4. The van der Waals surface area contributed by atoms with Crippen molar-refractivity contribution in [1.82, 2.24) is 0 Å². The van der Waals surface area contributed by atoms with E-state index < -0.39 is 29.1 Å². The van der Waals surface area contributed by atoms with Crippen molar-refractivity contribution in [3.05, 3.63) is 29.6 Å². The Labute approximate surface area is 112 Å². The predicted octanol–water partition coefficient (Wildman–Crippen LogP) is 3.65. The number of carboxylic acids is 1. The van der Waals surface area contributed by atoms with E-state index in [0.29, 0.717) is 18.9 Å². The first-order valence-corrected chi connectivity index (χ1v) is 6.09. The molecule has 0 radical (unpaired) electrons. The lowest BCUT2D eigenvalue weighted by atomic mass is 9.74. The number of hydrogen-bond donors (Lipinski definition) is 2. The van der Waals surface area contributed by atoms with Gasteiger partial charge in [-0.15, -0.1) is 0 Å². The van der Waals surface area contributed by atoms with Crippen LogP contribution in [0.15, 0.2) is 18.2 Å². The molecule has 0 aromatic heterocycles. The minimum atomic E-state index is -4.60. The van der Waals surface area contributed by atoms with Crippen LogP contribution in [0.1, 0.15) is 31.2 Å². The zero-order valence-corrected chi connectivity index (χ0v) is 10.4. The highest BCUT2D eigenvalue weighted by Gasteiger charge is 2.40. The molecule has 0 amide bonds. The van der Waals surface area contributed by atoms with Crippen LogP contribution < -0.4 is 5.32 Å². The van der Waals surface area contributed by atoms with E-state index in [1.165, 1.54) is 0 Å². The molecule has 0 atom stereocenters. The lowest BCUT2D eigenvalue weighted by Crippen LogP contribution is -2.47. The van der Waals surface area contributed by atoms with Gasteiger partial charge >= 0.3 is 12.1 Å². The number of carbonyl (C=O) groups is 1. The third kappa shape index (κ3) is 3.02. The summed E-state index contributed by atoms with van der Waals surface area (Å²) in [6, 6.07) is 2.19. The molecular weight excluding hydrogens is 278 g/mol. The summed E-state index contributed by atoms with van der Waals surface area (Å²) in [7, 11) is 0. The standard InChI is InChI=1S/C13H13F4NO2/c14-9-6-8(13(15,16)17)2-3-10(9)18-12(4-1-5-12)7-11(19)20/h2-3,6,18H,1,4-5,7H2,(H,19,20). The quantitative estimate of drug-likeness (QED) is 0.832. The molecule has 0 aliphatic heterocycles. The van der Waals surface area contributed by atoms with Gasteiger partial charge in [-0.25, -0.2) is 4.39 Å². The first kappa shape index (κ1) is 14.6. The summed E-state index contributed by atoms with van der Waals surface area (Å²) < 4.78 is 51.0. The third-order valence-corrected chi connectivity index (χ3v) is 3.50. The van der Waals surface area contributed by atoms with Gasteiger partial charge in [0.15, 0.2) is 0 Å². The Morgan fingerprint density at radius 1 is 1.35 bits per heavy atom. The summed E-state index contributed by atoms with van der Waals surface area (Å²) in [6.07, 6.45) is -2.87. The second kappa shape index (κ2) is 4.96. The third-order valence-electron chi connectivity index (χ3n) is 3.50. The van der Waals surface area contributed by atoms with Crippen molar-refractivity contribution < 1.29 is 27.5 Å². The van der Waals surface area contributed by atoms with Gasteiger partial charge in [-0.05, 0) is 37.5 Å². The van der Waals surface area contributed by atoms with Crippen LogP contribution in [0, 0.1) is 5.82 Å². The Bertz CT molecular complexity index is 524. The molecule has 2 rings (SSSR count). The Hall–Kier alpha value is -1.79. The van der Waals surface area contributed by atoms with E-state index in [9.17, 15) is 22.4 Å². The van der Waals surface area contributed by atoms with Crippen LogP contribution in [0.5, 0.6) is 0 Å². The molecule has 0 bridgehead atoms. The highest BCUT2D eigenvalue weighted by molar-refractivity contribution is 5.70. The lowest BCUT2D eigenvalue weighted by Gasteiger charge is -2.42. The number of halogens is 4. The van der Waals surface area contributed by atoms with Crippen molar-refractivity contribution in [3.63, 3.8) is 0 Å². The number of aliphatic carboxylic acids is 1. The highest BCUT2D eigenvalue weighted by atomic mass is 19.4. The number of nitrogens with one attached hydrogen (secondary N) is 1. The SMILES string of the molecule is O=C(O)CC1(Nc2ccc(C(F)(F)F)cc2F)CCC1. The van der Waals surface area contributed by atoms with E-state index in [1.54, 1.807) is 0 Å². The Morgan fingerprint density at radius 2 is 2.00 bits per heavy atom. The maximum absolute atomic E-state index is 13.7. The Kier molecular flexibility index (Phi) is 3.62. The lowest BCUT2D eigenvalue weighted by molar-refractivity contribution is -0.139. The number of carboxylic acid groups (broad SMARTS) is 1. The second-order valence-corrected chi connectivity index (χ2v) is 5.02. The van der Waals surface area contributed by atoms with E-state index in [2.05, 4.69) is 5.32 Å². The largest absolute Gasteiger partial charge is 0.481 e. The molecule has 1 aliphatic carbocycles. The maximum Gasteiger partial charge on any atom is 0.416 e. The van der Waals surface area contributed by atoms with E-state index in [4.69, 9.17) is 5.11 Å². The van der Waals surface area contributed by atoms with Crippen molar-refractivity contribution in [2.45, 2.75) is 37.4 Å². The summed E-state index contributed by atoms with van der Waals surface area (Å²) in [5.74, 6) is -2.05. The summed E-state index contributed by atoms with van der Waals surface area (Å²) in [6.45, 7) is 0. The van der Waals surface area contributed by atoms with Crippen molar-refractivity contribution in [2.75, 3.05) is 5.32 Å². The minimum absolute atomic E-state index is 0.0982. The summed E-state index contributed by atoms with van der Waals surface area (Å²) >= 11 is 0. The van der Waals surface area contributed by atoms with Gasteiger partial charge in [-0.3, -0.25) is 4.79 Å². The molecular formula is C13H13F4NO2. The van der Waals surface area contributed by atoms with Crippen LogP contribution >= 0.6 is 0 Å². The average Bonchev–Trinajstić information content (AvgIpc) is 2.26. The molecule has 1 saturated carbocycles. The van der Waals surface area contributed by atoms with Gasteiger partial charge in [0.25, 0.3) is 0 Å². The van der Waals surface area contributed by atoms with Crippen LogP contribution in [-0.4, -0.2) is 16.6 Å². The van der Waals surface area contributed by atoms with E-state index in [-0.39, 0.29) is 12.1 Å². The van der Waals surface area contributed by atoms with Gasteiger partial charge in [0.05, 0.1) is 17.7 Å². The summed E-state index contributed by atoms with van der Waals surface area (Å²) in [5.41, 5.74) is -1.92. The van der Waals surface area contributed by atoms with Crippen molar-refractivity contribution in [2.24, 2.45) is 0 Å². The fourth-order valence-corrected chi connectivity index (χ4v) is 2.32. The second-order valence-electron chi connectivity index (χ2n) is 5.02. The molecule has 0 unspecified atom stereocenters. The number of hydrogen-bond acceptors (Lipinski definition) is 2. The minimum Gasteiger partial charge on any atom is -0.481 e. The van der Waals surface area contributed by atoms with Crippen molar-refractivity contribution in [1.29, 1.82) is 0 Å². The average molecular weight is 291 g/mol. The zero-order valence-electron chi connectivity index (χ0n) is 10.4. The van der Waals surface area contributed by atoms with Crippen LogP contribution in [-0.2, 0) is 11.0 Å². The number of benzene rings is 1. The van der Waals surface area contributed by atoms with E-state index in [0.717, 1.165) is 18.6 Å². The molecule has 0 spiro atoms.